The van der Waals surface area contributed by atoms with E-state index < -0.39 is 5.60 Å². The smallest absolute Gasteiger partial charge is 0.319 e. The maximum atomic E-state index is 11.9. The van der Waals surface area contributed by atoms with Crippen LogP contribution >= 0.6 is 0 Å². The van der Waals surface area contributed by atoms with Crippen LogP contribution in [0.5, 0.6) is 0 Å². The van der Waals surface area contributed by atoms with E-state index in [2.05, 4.69) is 10.6 Å². The Morgan fingerprint density at radius 3 is 2.48 bits per heavy atom. The lowest BCUT2D eigenvalue weighted by Gasteiger charge is -2.27. The summed E-state index contributed by atoms with van der Waals surface area (Å²) in [6.07, 6.45) is 0. The Morgan fingerprint density at radius 2 is 2.00 bits per heavy atom. The zero-order valence-electron chi connectivity index (χ0n) is 13.8. The first kappa shape index (κ1) is 17.3. The molecule has 0 saturated carbocycles. The maximum Gasteiger partial charge on any atom is 0.319 e. The number of urea groups is 1. The van der Waals surface area contributed by atoms with Crippen LogP contribution in [0, 0.1) is 12.8 Å². The fourth-order valence-electron chi connectivity index (χ4n) is 1.70. The molecule has 1 aromatic rings. The summed E-state index contributed by atoms with van der Waals surface area (Å²) in [5.74, 6) is 0.0684. The van der Waals surface area contributed by atoms with Crippen molar-refractivity contribution in [2.45, 2.75) is 33.3 Å². The molecule has 3 N–H and O–H groups in total. The Labute approximate surface area is 127 Å². The number of nitrogens with zero attached hydrogens (tertiary/aromatic N) is 1. The number of carbonyl (C=O) groups excluding carboxylic acids is 1. The summed E-state index contributed by atoms with van der Waals surface area (Å²) in [7, 11) is 3.95. The molecular weight excluding hydrogens is 266 g/mol. The van der Waals surface area contributed by atoms with Gasteiger partial charge in [0.05, 0.1) is 5.60 Å². The van der Waals surface area contributed by atoms with E-state index in [-0.39, 0.29) is 18.5 Å². The summed E-state index contributed by atoms with van der Waals surface area (Å²) in [5.41, 5.74) is 1.93. The van der Waals surface area contributed by atoms with Gasteiger partial charge in [0.2, 0.25) is 0 Å². The number of hydrogen-bond donors (Lipinski definition) is 3. The molecule has 0 heterocycles. The van der Waals surface area contributed by atoms with Crippen LogP contribution in [0.15, 0.2) is 18.2 Å². The van der Waals surface area contributed by atoms with Crippen molar-refractivity contribution in [3.8, 4) is 0 Å². The van der Waals surface area contributed by atoms with Crippen molar-refractivity contribution in [1.82, 2.24) is 5.32 Å². The molecule has 5 nitrogen and oxygen atoms in total. The first-order valence-corrected chi connectivity index (χ1v) is 7.18. The van der Waals surface area contributed by atoms with Gasteiger partial charge in [-0.1, -0.05) is 13.8 Å². The highest BCUT2D eigenvalue weighted by Crippen LogP contribution is 2.21. The molecule has 2 amide bonds. The fraction of sp³-hybridized carbons (Fsp3) is 0.562. The molecule has 0 radical (unpaired) electrons. The summed E-state index contributed by atoms with van der Waals surface area (Å²) >= 11 is 0. The zero-order valence-corrected chi connectivity index (χ0v) is 13.8. The molecule has 118 valence electrons. The van der Waals surface area contributed by atoms with Gasteiger partial charge in [-0.15, -0.1) is 0 Å². The van der Waals surface area contributed by atoms with Crippen LogP contribution < -0.4 is 15.5 Å². The lowest BCUT2D eigenvalue weighted by molar-refractivity contribution is 0.0170. The highest BCUT2D eigenvalue weighted by Gasteiger charge is 2.25. The molecule has 0 bridgehead atoms. The minimum absolute atomic E-state index is 0.0684. The number of rotatable bonds is 5. The lowest BCUT2D eigenvalue weighted by Crippen LogP contribution is -2.45. The van der Waals surface area contributed by atoms with E-state index in [1.165, 1.54) is 0 Å². The molecule has 1 aromatic carbocycles. The van der Waals surface area contributed by atoms with Crippen molar-refractivity contribution < 1.29 is 9.90 Å². The van der Waals surface area contributed by atoms with E-state index in [4.69, 9.17) is 0 Å². The first-order chi connectivity index (χ1) is 9.63. The summed E-state index contributed by atoms with van der Waals surface area (Å²) < 4.78 is 0. The molecule has 0 aliphatic rings. The Morgan fingerprint density at radius 1 is 1.38 bits per heavy atom. The molecule has 1 rings (SSSR count). The van der Waals surface area contributed by atoms with Gasteiger partial charge in [-0.3, -0.25) is 0 Å². The Bertz CT molecular complexity index is 496. The standard InChI is InChI=1S/C16H27N3O2/c1-11(2)16(4,21)10-17-15(20)18-14-8-7-13(19(5)6)9-12(14)3/h7-9,11,21H,10H2,1-6H3,(H2,17,18,20). The van der Waals surface area contributed by atoms with Crippen LogP contribution in [0.4, 0.5) is 16.2 Å². The average Bonchev–Trinajstić information content (AvgIpc) is 2.38. The number of aryl methyl sites for hydroxylation is 1. The third kappa shape index (κ3) is 4.93. The van der Waals surface area contributed by atoms with Crippen molar-refractivity contribution in [1.29, 1.82) is 0 Å². The molecule has 0 saturated heterocycles. The summed E-state index contributed by atoms with van der Waals surface area (Å²) in [5, 5.41) is 15.6. The third-order valence-corrected chi connectivity index (χ3v) is 3.83. The van der Waals surface area contributed by atoms with Crippen molar-refractivity contribution in [3.05, 3.63) is 23.8 Å². The minimum atomic E-state index is -0.916. The molecule has 1 atom stereocenters. The van der Waals surface area contributed by atoms with E-state index in [0.717, 1.165) is 16.9 Å². The predicted molar refractivity (Wildman–Crippen MR) is 88.0 cm³/mol. The normalized spacial score (nSPS) is 13.7. The van der Waals surface area contributed by atoms with E-state index in [1.54, 1.807) is 6.92 Å². The van der Waals surface area contributed by atoms with Crippen LogP contribution in [0.3, 0.4) is 0 Å². The van der Waals surface area contributed by atoms with Crippen LogP contribution in [0.1, 0.15) is 26.3 Å². The van der Waals surface area contributed by atoms with Gasteiger partial charge in [0.25, 0.3) is 0 Å². The van der Waals surface area contributed by atoms with Gasteiger partial charge < -0.3 is 20.6 Å². The van der Waals surface area contributed by atoms with Crippen LogP contribution in [0.25, 0.3) is 0 Å². The van der Waals surface area contributed by atoms with Gasteiger partial charge >= 0.3 is 6.03 Å². The number of anilines is 2. The van der Waals surface area contributed by atoms with E-state index >= 15 is 0 Å². The molecule has 1 unspecified atom stereocenters. The van der Waals surface area contributed by atoms with Gasteiger partial charge in [-0.2, -0.15) is 0 Å². The van der Waals surface area contributed by atoms with Gasteiger partial charge in [0.1, 0.15) is 0 Å². The second-order valence-corrected chi connectivity index (χ2v) is 6.21. The van der Waals surface area contributed by atoms with Gasteiger partial charge in [-0.25, -0.2) is 4.79 Å². The number of benzene rings is 1. The molecule has 21 heavy (non-hydrogen) atoms. The lowest BCUT2D eigenvalue weighted by atomic mass is 9.93. The van der Waals surface area contributed by atoms with Gasteiger partial charge in [0.15, 0.2) is 0 Å². The van der Waals surface area contributed by atoms with Crippen molar-refractivity contribution in [2.24, 2.45) is 5.92 Å². The van der Waals surface area contributed by atoms with E-state index in [1.807, 2.05) is 58.0 Å². The van der Waals surface area contributed by atoms with Crippen LogP contribution in [-0.4, -0.2) is 37.4 Å². The quantitative estimate of drug-likeness (QED) is 0.782. The van der Waals surface area contributed by atoms with Gasteiger partial charge in [-0.05, 0) is 43.5 Å². The largest absolute Gasteiger partial charge is 0.388 e. The highest BCUT2D eigenvalue weighted by molar-refractivity contribution is 5.90. The first-order valence-electron chi connectivity index (χ1n) is 7.18. The second-order valence-electron chi connectivity index (χ2n) is 6.21. The monoisotopic (exact) mass is 293 g/mol. The molecule has 0 aliphatic heterocycles. The number of nitrogens with one attached hydrogen (secondary N) is 2. The number of amides is 2. The SMILES string of the molecule is Cc1cc(N(C)C)ccc1NC(=O)NCC(C)(O)C(C)C. The van der Waals surface area contributed by atoms with Crippen molar-refractivity contribution in [2.75, 3.05) is 30.9 Å². The second kappa shape index (κ2) is 6.80. The average molecular weight is 293 g/mol. The Balaban J connectivity index is 2.64. The molecule has 0 spiro atoms. The Kier molecular flexibility index (Phi) is 5.61. The van der Waals surface area contributed by atoms with Crippen molar-refractivity contribution >= 4 is 17.4 Å². The zero-order chi connectivity index (χ0) is 16.2. The molecule has 0 fully saturated rings. The third-order valence-electron chi connectivity index (χ3n) is 3.83. The number of carbonyl (C=O) groups is 1. The molecule has 0 aliphatic carbocycles. The molecule has 5 heteroatoms. The minimum Gasteiger partial charge on any atom is -0.388 e. The highest BCUT2D eigenvalue weighted by atomic mass is 16.3. The molecular formula is C16H27N3O2. The van der Waals surface area contributed by atoms with Crippen LogP contribution in [-0.2, 0) is 0 Å². The number of aliphatic hydroxyl groups is 1. The maximum absolute atomic E-state index is 11.9. The molecule has 0 aromatic heterocycles. The summed E-state index contributed by atoms with van der Waals surface area (Å²) in [6, 6.07) is 5.54. The fourth-order valence-corrected chi connectivity index (χ4v) is 1.70. The number of hydrogen-bond acceptors (Lipinski definition) is 3. The Hall–Kier alpha value is -1.75. The van der Waals surface area contributed by atoms with Gasteiger partial charge in [0, 0.05) is 32.0 Å². The summed E-state index contributed by atoms with van der Waals surface area (Å²) in [4.78, 5) is 13.9. The predicted octanol–water partition coefficient (Wildman–Crippen LogP) is 2.59. The van der Waals surface area contributed by atoms with E-state index in [9.17, 15) is 9.90 Å². The summed E-state index contributed by atoms with van der Waals surface area (Å²) in [6.45, 7) is 7.72. The van der Waals surface area contributed by atoms with Crippen molar-refractivity contribution in [3.63, 3.8) is 0 Å². The van der Waals surface area contributed by atoms with Crippen LogP contribution in [0.2, 0.25) is 0 Å². The van der Waals surface area contributed by atoms with E-state index in [0.29, 0.717) is 0 Å². The topological polar surface area (TPSA) is 64.6 Å².